The van der Waals surface area contributed by atoms with Crippen molar-refractivity contribution in [3.63, 3.8) is 0 Å². The molecule has 0 spiro atoms. The van der Waals surface area contributed by atoms with Crippen LogP contribution in [0.4, 0.5) is 11.5 Å². The van der Waals surface area contributed by atoms with Gasteiger partial charge in [-0.25, -0.2) is 9.78 Å². The van der Waals surface area contributed by atoms with Crippen LogP contribution in [0.3, 0.4) is 0 Å². The summed E-state index contributed by atoms with van der Waals surface area (Å²) in [5, 5.41) is 2.86. The number of hydrogen-bond acceptors (Lipinski definition) is 6. The van der Waals surface area contributed by atoms with Gasteiger partial charge in [0.15, 0.2) is 0 Å². The molecule has 0 aromatic carbocycles. The molecule has 0 aliphatic rings. The lowest BCUT2D eigenvalue weighted by molar-refractivity contribution is 0.186. The Balaban J connectivity index is 2.27. The Morgan fingerprint density at radius 2 is 2.30 bits per heavy atom. The number of nitrogens with two attached hydrogens (primary N) is 1. The van der Waals surface area contributed by atoms with Crippen molar-refractivity contribution < 1.29 is 4.74 Å². The van der Waals surface area contributed by atoms with E-state index in [0.29, 0.717) is 19.0 Å². The van der Waals surface area contributed by atoms with Gasteiger partial charge in [-0.2, -0.15) is 0 Å². The Bertz CT molecular complexity index is 672. The number of nitrogens with one attached hydrogen (secondary N) is 3. The third-order valence-corrected chi connectivity index (χ3v) is 2.75. The summed E-state index contributed by atoms with van der Waals surface area (Å²) in [5.41, 5.74) is 4.87. The molecule has 108 valence electrons. The van der Waals surface area contributed by atoms with Gasteiger partial charge < -0.3 is 20.8 Å². The Labute approximate surface area is 113 Å². The zero-order valence-corrected chi connectivity index (χ0v) is 11.0. The smallest absolute Gasteiger partial charge is 0.330 e. The van der Waals surface area contributed by atoms with E-state index >= 15 is 0 Å². The highest BCUT2D eigenvalue weighted by Crippen LogP contribution is 2.10. The normalized spacial score (nSPS) is 10.7. The van der Waals surface area contributed by atoms with Crippen LogP contribution >= 0.6 is 0 Å². The van der Waals surface area contributed by atoms with Crippen LogP contribution in [0.5, 0.6) is 0 Å². The lowest BCUT2D eigenvalue weighted by Gasteiger charge is -2.12. The second-order valence-corrected chi connectivity index (χ2v) is 4.05. The zero-order valence-electron chi connectivity index (χ0n) is 11.0. The zero-order chi connectivity index (χ0) is 14.5. The van der Waals surface area contributed by atoms with Gasteiger partial charge in [-0.3, -0.25) is 14.3 Å². The minimum atomic E-state index is -0.562. The summed E-state index contributed by atoms with van der Waals surface area (Å²) in [4.78, 5) is 32.6. The van der Waals surface area contributed by atoms with Crippen molar-refractivity contribution in [2.45, 2.75) is 13.1 Å². The van der Waals surface area contributed by atoms with Crippen LogP contribution in [0, 0.1) is 0 Å². The van der Waals surface area contributed by atoms with E-state index in [9.17, 15) is 9.59 Å². The molecule has 9 nitrogen and oxygen atoms in total. The molecule has 2 rings (SSSR count). The van der Waals surface area contributed by atoms with Crippen molar-refractivity contribution in [1.29, 1.82) is 0 Å². The van der Waals surface area contributed by atoms with Crippen molar-refractivity contribution >= 4 is 11.5 Å². The van der Waals surface area contributed by atoms with Crippen molar-refractivity contribution in [2.75, 3.05) is 24.8 Å². The van der Waals surface area contributed by atoms with Gasteiger partial charge in [-0.1, -0.05) is 0 Å². The molecule has 0 atom stereocenters. The number of H-pyrrole nitrogens is 2. The first-order valence-corrected chi connectivity index (χ1v) is 5.97. The van der Waals surface area contributed by atoms with Crippen LogP contribution in [0.25, 0.3) is 0 Å². The summed E-state index contributed by atoms with van der Waals surface area (Å²) in [6.07, 6.45) is 3.27. The molecule has 2 aromatic heterocycles. The van der Waals surface area contributed by atoms with Gasteiger partial charge in [-0.05, 0) is 0 Å². The van der Waals surface area contributed by atoms with Gasteiger partial charge in [0.2, 0.25) is 0 Å². The first kappa shape index (κ1) is 13.9. The van der Waals surface area contributed by atoms with Gasteiger partial charge in [0.25, 0.3) is 5.56 Å². The maximum Gasteiger partial charge on any atom is 0.330 e. The van der Waals surface area contributed by atoms with E-state index in [4.69, 9.17) is 10.5 Å². The van der Waals surface area contributed by atoms with E-state index in [-0.39, 0.29) is 18.1 Å². The number of imidazole rings is 1. The number of aromatic amines is 2. The molecular weight excluding hydrogens is 264 g/mol. The molecule has 0 saturated carbocycles. The van der Waals surface area contributed by atoms with Crippen LogP contribution < -0.4 is 22.3 Å². The van der Waals surface area contributed by atoms with Crippen molar-refractivity contribution in [3.8, 4) is 0 Å². The summed E-state index contributed by atoms with van der Waals surface area (Å²) in [6.45, 7) is 0.865. The van der Waals surface area contributed by atoms with Crippen LogP contribution in [-0.2, 0) is 17.8 Å². The van der Waals surface area contributed by atoms with Gasteiger partial charge >= 0.3 is 5.69 Å². The van der Waals surface area contributed by atoms with Crippen molar-refractivity contribution in [2.24, 2.45) is 0 Å². The molecule has 20 heavy (non-hydrogen) atoms. The molecule has 0 amide bonds. The fourth-order valence-corrected chi connectivity index (χ4v) is 1.73. The first-order chi connectivity index (χ1) is 9.63. The Morgan fingerprint density at radius 1 is 1.50 bits per heavy atom. The SMILES string of the molecule is COCCn1c(N)c(NCc2ncc[nH]2)c(=O)[nH]c1=O. The maximum absolute atomic E-state index is 11.8. The van der Waals surface area contributed by atoms with Gasteiger partial charge in [0.1, 0.15) is 17.3 Å². The summed E-state index contributed by atoms with van der Waals surface area (Å²) in [6, 6.07) is 0. The summed E-state index contributed by atoms with van der Waals surface area (Å²) in [5.74, 6) is 0.723. The molecule has 0 radical (unpaired) electrons. The Kier molecular flexibility index (Phi) is 4.20. The first-order valence-electron chi connectivity index (χ1n) is 5.97. The summed E-state index contributed by atoms with van der Waals surface area (Å²) in [7, 11) is 1.52. The van der Waals surface area contributed by atoms with Gasteiger partial charge in [0.05, 0.1) is 19.7 Å². The Morgan fingerprint density at radius 3 is 2.95 bits per heavy atom. The van der Waals surface area contributed by atoms with E-state index in [1.54, 1.807) is 12.4 Å². The number of nitrogens with zero attached hydrogens (tertiary/aromatic N) is 2. The largest absolute Gasteiger partial charge is 0.383 e. The lowest BCUT2D eigenvalue weighted by atomic mass is 10.4. The van der Waals surface area contributed by atoms with Crippen LogP contribution in [0.1, 0.15) is 5.82 Å². The fraction of sp³-hybridized carbons (Fsp3) is 0.364. The quantitative estimate of drug-likeness (QED) is 0.542. The second kappa shape index (κ2) is 6.06. The number of aromatic nitrogens is 4. The minimum absolute atomic E-state index is 0.0716. The van der Waals surface area contributed by atoms with Gasteiger partial charge in [-0.15, -0.1) is 0 Å². The maximum atomic E-state index is 11.8. The minimum Gasteiger partial charge on any atom is -0.383 e. The van der Waals surface area contributed by atoms with Crippen molar-refractivity contribution in [3.05, 3.63) is 39.1 Å². The van der Waals surface area contributed by atoms with Crippen LogP contribution in [0.15, 0.2) is 22.0 Å². The number of hydrogen-bond donors (Lipinski definition) is 4. The predicted octanol–water partition coefficient (Wildman–Crippen LogP) is -0.900. The number of nitrogen functional groups attached to an aromatic ring is 1. The van der Waals surface area contributed by atoms with E-state index in [1.165, 1.54) is 11.7 Å². The number of methoxy groups -OCH3 is 1. The third kappa shape index (κ3) is 2.88. The van der Waals surface area contributed by atoms with Gasteiger partial charge in [0, 0.05) is 19.5 Å². The number of rotatable bonds is 6. The average Bonchev–Trinajstić information content (AvgIpc) is 2.91. The standard InChI is InChI=1S/C11H16N6O3/c1-20-5-4-17-9(12)8(10(18)16-11(17)19)15-6-7-13-2-3-14-7/h2-3,15H,4-6,12H2,1H3,(H,13,14)(H,16,18,19). The monoisotopic (exact) mass is 280 g/mol. The molecule has 0 bridgehead atoms. The molecule has 0 aliphatic carbocycles. The number of anilines is 2. The fourth-order valence-electron chi connectivity index (χ4n) is 1.73. The molecule has 0 aliphatic heterocycles. The molecule has 0 fully saturated rings. The molecule has 5 N–H and O–H groups in total. The second-order valence-electron chi connectivity index (χ2n) is 4.05. The highest BCUT2D eigenvalue weighted by atomic mass is 16.5. The molecule has 9 heteroatoms. The summed E-state index contributed by atoms with van der Waals surface area (Å²) < 4.78 is 6.15. The van der Waals surface area contributed by atoms with Crippen LogP contribution in [-0.4, -0.2) is 33.2 Å². The van der Waals surface area contributed by atoms with E-state index in [2.05, 4.69) is 20.3 Å². The van der Waals surface area contributed by atoms with Crippen molar-refractivity contribution in [1.82, 2.24) is 19.5 Å². The average molecular weight is 280 g/mol. The Hall–Kier alpha value is -2.55. The third-order valence-electron chi connectivity index (χ3n) is 2.75. The lowest BCUT2D eigenvalue weighted by Crippen LogP contribution is -2.35. The van der Waals surface area contributed by atoms with E-state index in [0.717, 1.165) is 0 Å². The molecule has 2 aromatic rings. The van der Waals surface area contributed by atoms with E-state index in [1.807, 2.05) is 0 Å². The van der Waals surface area contributed by atoms with Crippen LogP contribution in [0.2, 0.25) is 0 Å². The highest BCUT2D eigenvalue weighted by molar-refractivity contribution is 5.60. The van der Waals surface area contributed by atoms with E-state index < -0.39 is 11.2 Å². The highest BCUT2D eigenvalue weighted by Gasteiger charge is 2.12. The predicted molar refractivity (Wildman–Crippen MR) is 73.5 cm³/mol. The molecule has 2 heterocycles. The molecule has 0 saturated heterocycles. The molecular formula is C11H16N6O3. The summed E-state index contributed by atoms with van der Waals surface area (Å²) >= 11 is 0. The molecule has 0 unspecified atom stereocenters. The topological polar surface area (TPSA) is 131 Å². The number of ether oxygens (including phenoxy) is 1.